The maximum absolute atomic E-state index is 12.0. The van der Waals surface area contributed by atoms with Crippen molar-refractivity contribution < 1.29 is 14.3 Å². The van der Waals surface area contributed by atoms with Crippen molar-refractivity contribution in [3.05, 3.63) is 42.4 Å². The molecule has 0 spiro atoms. The second-order valence-electron chi connectivity index (χ2n) is 6.83. The molecular weight excluding hydrogens is 340 g/mol. The number of rotatable bonds is 11. The molecular formula is C22H30N2O3. The molecule has 1 aromatic heterocycles. The van der Waals surface area contributed by atoms with Crippen molar-refractivity contribution in [1.29, 1.82) is 0 Å². The molecule has 0 bridgehead atoms. The van der Waals surface area contributed by atoms with E-state index in [1.807, 2.05) is 31.2 Å². The van der Waals surface area contributed by atoms with E-state index in [-0.39, 0.29) is 5.69 Å². The van der Waals surface area contributed by atoms with Crippen LogP contribution in [0.1, 0.15) is 63.4 Å². The predicted molar refractivity (Wildman–Crippen MR) is 107 cm³/mol. The lowest BCUT2D eigenvalue weighted by atomic mass is 10.1. The first-order chi connectivity index (χ1) is 13.1. The van der Waals surface area contributed by atoms with E-state index in [2.05, 4.69) is 23.8 Å². The van der Waals surface area contributed by atoms with E-state index in [1.54, 1.807) is 6.20 Å². The molecule has 1 heterocycles. The molecule has 0 N–H and O–H groups in total. The average Bonchev–Trinajstić information content (AvgIpc) is 2.72. The molecule has 1 atom stereocenters. The highest BCUT2D eigenvalue weighted by molar-refractivity contribution is 5.87. The first-order valence-electron chi connectivity index (χ1n) is 9.86. The maximum atomic E-state index is 12.0. The highest BCUT2D eigenvalue weighted by Gasteiger charge is 2.12. The van der Waals surface area contributed by atoms with Crippen molar-refractivity contribution >= 4 is 5.97 Å². The number of ether oxygens (including phenoxy) is 2. The highest BCUT2D eigenvalue weighted by Crippen LogP contribution is 2.20. The third-order valence-corrected chi connectivity index (χ3v) is 4.47. The van der Waals surface area contributed by atoms with Crippen LogP contribution in [-0.2, 0) is 4.74 Å². The Morgan fingerprint density at radius 2 is 1.81 bits per heavy atom. The van der Waals surface area contributed by atoms with Crippen LogP contribution in [0.2, 0.25) is 0 Å². The van der Waals surface area contributed by atoms with Gasteiger partial charge in [0, 0.05) is 5.56 Å². The van der Waals surface area contributed by atoms with E-state index in [0.29, 0.717) is 18.2 Å². The standard InChI is InChI=1S/C22H30N2O3/c1-4-6-7-8-13-26-19-11-9-18(10-12-19)20-14-24-21(15-23-20)22(25)27-16-17(3)5-2/h9-12,14-15,17H,4-8,13,16H2,1-3H3. The average molecular weight is 370 g/mol. The molecule has 0 fully saturated rings. The fraction of sp³-hybridized carbons (Fsp3) is 0.500. The molecule has 0 aliphatic rings. The van der Waals surface area contributed by atoms with Crippen molar-refractivity contribution in [2.75, 3.05) is 13.2 Å². The summed E-state index contributed by atoms with van der Waals surface area (Å²) < 4.78 is 11.0. The minimum Gasteiger partial charge on any atom is -0.494 e. The fourth-order valence-corrected chi connectivity index (χ4v) is 2.43. The second kappa shape index (κ2) is 11.3. The van der Waals surface area contributed by atoms with Gasteiger partial charge in [0.25, 0.3) is 0 Å². The molecule has 2 aromatic rings. The molecule has 146 valence electrons. The number of aromatic nitrogens is 2. The van der Waals surface area contributed by atoms with E-state index < -0.39 is 5.97 Å². The van der Waals surface area contributed by atoms with E-state index in [0.717, 1.165) is 30.8 Å². The summed E-state index contributed by atoms with van der Waals surface area (Å²) in [5.41, 5.74) is 1.87. The lowest BCUT2D eigenvalue weighted by molar-refractivity contribution is 0.0439. The minimum absolute atomic E-state index is 0.231. The molecule has 2 rings (SSSR count). The Balaban J connectivity index is 1.88. The summed E-state index contributed by atoms with van der Waals surface area (Å²) >= 11 is 0. The Morgan fingerprint density at radius 1 is 1.04 bits per heavy atom. The Bertz CT molecular complexity index is 684. The van der Waals surface area contributed by atoms with Gasteiger partial charge in [-0.05, 0) is 36.6 Å². The normalized spacial score (nSPS) is 11.8. The van der Waals surface area contributed by atoms with Crippen molar-refractivity contribution in [3.63, 3.8) is 0 Å². The molecule has 5 heteroatoms. The predicted octanol–water partition coefficient (Wildman–Crippen LogP) is 5.31. The molecule has 1 unspecified atom stereocenters. The largest absolute Gasteiger partial charge is 0.494 e. The van der Waals surface area contributed by atoms with Gasteiger partial charge in [-0.3, -0.25) is 4.98 Å². The summed E-state index contributed by atoms with van der Waals surface area (Å²) in [7, 11) is 0. The summed E-state index contributed by atoms with van der Waals surface area (Å²) in [6.45, 7) is 7.45. The van der Waals surface area contributed by atoms with Crippen LogP contribution in [-0.4, -0.2) is 29.2 Å². The minimum atomic E-state index is -0.429. The monoisotopic (exact) mass is 370 g/mol. The SMILES string of the molecule is CCCCCCOc1ccc(-c2cnc(C(=O)OCC(C)CC)cn2)cc1. The lowest BCUT2D eigenvalue weighted by Gasteiger charge is -2.09. The zero-order chi connectivity index (χ0) is 19.5. The Hall–Kier alpha value is -2.43. The van der Waals surface area contributed by atoms with Gasteiger partial charge in [-0.1, -0.05) is 46.5 Å². The van der Waals surface area contributed by atoms with Crippen molar-refractivity contribution in [2.24, 2.45) is 5.92 Å². The Morgan fingerprint density at radius 3 is 2.44 bits per heavy atom. The van der Waals surface area contributed by atoms with Crippen LogP contribution in [0, 0.1) is 5.92 Å². The smallest absolute Gasteiger partial charge is 0.358 e. The number of nitrogens with zero attached hydrogens (tertiary/aromatic N) is 2. The van der Waals surface area contributed by atoms with Gasteiger partial charge in [0.05, 0.1) is 31.3 Å². The van der Waals surface area contributed by atoms with E-state index in [4.69, 9.17) is 9.47 Å². The zero-order valence-electron chi connectivity index (χ0n) is 16.6. The number of hydrogen-bond acceptors (Lipinski definition) is 5. The fourth-order valence-electron chi connectivity index (χ4n) is 2.43. The van der Waals surface area contributed by atoms with Crippen LogP contribution < -0.4 is 4.74 Å². The van der Waals surface area contributed by atoms with E-state index in [1.165, 1.54) is 25.5 Å². The van der Waals surface area contributed by atoms with Crippen molar-refractivity contribution in [1.82, 2.24) is 9.97 Å². The van der Waals surface area contributed by atoms with Gasteiger partial charge in [-0.2, -0.15) is 0 Å². The van der Waals surface area contributed by atoms with Gasteiger partial charge in [-0.15, -0.1) is 0 Å². The molecule has 0 radical (unpaired) electrons. The summed E-state index contributed by atoms with van der Waals surface area (Å²) in [6.07, 6.45) is 8.79. The Kier molecular flexibility index (Phi) is 8.75. The van der Waals surface area contributed by atoms with Crippen LogP contribution in [0.15, 0.2) is 36.7 Å². The van der Waals surface area contributed by atoms with Crippen molar-refractivity contribution in [3.8, 4) is 17.0 Å². The summed E-state index contributed by atoms with van der Waals surface area (Å²) in [5, 5.41) is 0. The topological polar surface area (TPSA) is 61.3 Å². The first kappa shape index (κ1) is 20.9. The summed E-state index contributed by atoms with van der Waals surface area (Å²) in [5.74, 6) is 0.767. The third kappa shape index (κ3) is 7.00. The number of hydrogen-bond donors (Lipinski definition) is 0. The molecule has 27 heavy (non-hydrogen) atoms. The van der Waals surface area contributed by atoms with E-state index >= 15 is 0 Å². The zero-order valence-corrected chi connectivity index (χ0v) is 16.6. The van der Waals surface area contributed by atoms with Gasteiger partial charge in [0.15, 0.2) is 5.69 Å². The number of unbranched alkanes of at least 4 members (excludes halogenated alkanes) is 3. The number of esters is 1. The molecule has 0 amide bonds. The van der Waals surface area contributed by atoms with Gasteiger partial charge in [0.1, 0.15) is 5.75 Å². The second-order valence-corrected chi connectivity index (χ2v) is 6.83. The van der Waals surface area contributed by atoms with Crippen LogP contribution in [0.25, 0.3) is 11.3 Å². The number of carbonyl (C=O) groups excluding carboxylic acids is 1. The van der Waals surface area contributed by atoms with Crippen molar-refractivity contribution in [2.45, 2.75) is 52.9 Å². The highest BCUT2D eigenvalue weighted by atomic mass is 16.5. The van der Waals surface area contributed by atoms with Gasteiger partial charge in [-0.25, -0.2) is 9.78 Å². The molecule has 0 saturated heterocycles. The molecule has 0 saturated carbocycles. The van der Waals surface area contributed by atoms with E-state index in [9.17, 15) is 4.79 Å². The molecule has 0 aliphatic carbocycles. The van der Waals surface area contributed by atoms with Gasteiger partial charge >= 0.3 is 5.97 Å². The van der Waals surface area contributed by atoms with Gasteiger partial charge in [0.2, 0.25) is 0 Å². The maximum Gasteiger partial charge on any atom is 0.358 e. The lowest BCUT2D eigenvalue weighted by Crippen LogP contribution is -2.13. The Labute approximate surface area is 162 Å². The molecule has 1 aromatic carbocycles. The van der Waals surface area contributed by atoms with Gasteiger partial charge < -0.3 is 9.47 Å². The molecule has 5 nitrogen and oxygen atoms in total. The van der Waals surface area contributed by atoms with Crippen LogP contribution in [0.3, 0.4) is 0 Å². The number of carbonyl (C=O) groups is 1. The molecule has 0 aliphatic heterocycles. The first-order valence-corrected chi connectivity index (χ1v) is 9.86. The third-order valence-electron chi connectivity index (χ3n) is 4.47. The number of benzene rings is 1. The summed E-state index contributed by atoms with van der Waals surface area (Å²) in [4.78, 5) is 20.5. The van der Waals surface area contributed by atoms with Crippen LogP contribution in [0.4, 0.5) is 0 Å². The van der Waals surface area contributed by atoms with Crippen LogP contribution >= 0.6 is 0 Å². The van der Waals surface area contributed by atoms with Crippen LogP contribution in [0.5, 0.6) is 5.75 Å². The summed E-state index contributed by atoms with van der Waals surface area (Å²) in [6, 6.07) is 7.77. The quantitative estimate of drug-likeness (QED) is 0.396.